The minimum absolute atomic E-state index is 0.0668. The number of hydrogen-bond acceptors (Lipinski definition) is 4. The van der Waals surface area contributed by atoms with E-state index in [0.29, 0.717) is 23.5 Å². The number of ether oxygens (including phenoxy) is 2. The molecule has 0 saturated carbocycles. The van der Waals surface area contributed by atoms with Gasteiger partial charge in [-0.25, -0.2) is 4.79 Å². The third kappa shape index (κ3) is 5.67. The van der Waals surface area contributed by atoms with Crippen molar-refractivity contribution >= 4 is 17.8 Å². The average molecular weight is 400 g/mol. The summed E-state index contributed by atoms with van der Waals surface area (Å²) in [5, 5.41) is 0. The van der Waals surface area contributed by atoms with Gasteiger partial charge in [-0.3, -0.25) is 4.79 Å². The molecule has 0 bridgehead atoms. The second kappa shape index (κ2) is 10.2. The maximum atomic E-state index is 12.5. The first-order valence-electron chi connectivity index (χ1n) is 9.90. The second-order valence-corrected chi connectivity index (χ2v) is 6.85. The zero-order valence-corrected chi connectivity index (χ0v) is 17.1. The number of aryl methyl sites for hydroxylation is 1. The number of esters is 1. The Labute approximate surface area is 176 Å². The molecule has 0 aliphatic carbocycles. The first kappa shape index (κ1) is 21.1. The van der Waals surface area contributed by atoms with Crippen molar-refractivity contribution in [1.29, 1.82) is 0 Å². The van der Waals surface area contributed by atoms with Gasteiger partial charge < -0.3 is 9.47 Å². The molecule has 0 radical (unpaired) electrons. The number of hydrogen-bond donors (Lipinski definition) is 0. The fourth-order valence-corrected chi connectivity index (χ4v) is 2.86. The Kier molecular flexibility index (Phi) is 7.17. The standard InChI is InChI=1S/C26H24O4/c1-3-17-29-23-13-9-20(10-14-23)11-16-25(27)30-24-15-12-22(18-19(24)2)26(28)21-7-5-4-6-8-21/h4-16,18H,3,17H2,1-2H3/b16-11+. The Hall–Kier alpha value is -3.66. The maximum Gasteiger partial charge on any atom is 0.336 e. The zero-order chi connectivity index (χ0) is 21.3. The summed E-state index contributed by atoms with van der Waals surface area (Å²) >= 11 is 0. The van der Waals surface area contributed by atoms with Crippen LogP contribution in [0.15, 0.2) is 78.9 Å². The van der Waals surface area contributed by atoms with Gasteiger partial charge in [-0.05, 0) is 60.9 Å². The number of ketones is 1. The van der Waals surface area contributed by atoms with Crippen LogP contribution < -0.4 is 9.47 Å². The van der Waals surface area contributed by atoms with Gasteiger partial charge in [0.2, 0.25) is 0 Å². The van der Waals surface area contributed by atoms with Crippen molar-refractivity contribution in [3.05, 3.63) is 101 Å². The molecule has 0 aliphatic heterocycles. The monoisotopic (exact) mass is 400 g/mol. The van der Waals surface area contributed by atoms with Crippen molar-refractivity contribution < 1.29 is 19.1 Å². The van der Waals surface area contributed by atoms with Crippen LogP contribution in [0.5, 0.6) is 11.5 Å². The third-order valence-electron chi connectivity index (χ3n) is 4.45. The summed E-state index contributed by atoms with van der Waals surface area (Å²) in [5.41, 5.74) is 2.77. The molecule has 0 aromatic heterocycles. The molecule has 30 heavy (non-hydrogen) atoms. The van der Waals surface area contributed by atoms with Gasteiger partial charge in [-0.1, -0.05) is 49.4 Å². The van der Waals surface area contributed by atoms with E-state index in [4.69, 9.17) is 9.47 Å². The van der Waals surface area contributed by atoms with Gasteiger partial charge in [0, 0.05) is 17.2 Å². The maximum absolute atomic E-state index is 12.5. The van der Waals surface area contributed by atoms with E-state index in [1.54, 1.807) is 36.4 Å². The minimum Gasteiger partial charge on any atom is -0.494 e. The largest absolute Gasteiger partial charge is 0.494 e. The highest BCUT2D eigenvalue weighted by molar-refractivity contribution is 6.09. The van der Waals surface area contributed by atoms with Crippen LogP contribution in [0.2, 0.25) is 0 Å². The molecule has 152 valence electrons. The Morgan fingerprint density at radius 1 is 0.900 bits per heavy atom. The first-order valence-corrected chi connectivity index (χ1v) is 9.90. The highest BCUT2D eigenvalue weighted by Crippen LogP contribution is 2.21. The van der Waals surface area contributed by atoms with Crippen LogP contribution in [0.1, 0.15) is 40.4 Å². The van der Waals surface area contributed by atoms with Crippen LogP contribution in [-0.2, 0) is 4.79 Å². The Morgan fingerprint density at radius 2 is 1.63 bits per heavy atom. The van der Waals surface area contributed by atoms with Crippen LogP contribution in [0.3, 0.4) is 0 Å². The van der Waals surface area contributed by atoms with Gasteiger partial charge in [0.05, 0.1) is 6.61 Å². The van der Waals surface area contributed by atoms with Gasteiger partial charge in [0.1, 0.15) is 11.5 Å². The predicted molar refractivity (Wildman–Crippen MR) is 118 cm³/mol. The van der Waals surface area contributed by atoms with Crippen molar-refractivity contribution in [3.8, 4) is 11.5 Å². The van der Waals surface area contributed by atoms with Gasteiger partial charge in [0.25, 0.3) is 0 Å². The van der Waals surface area contributed by atoms with E-state index in [1.165, 1.54) is 6.08 Å². The lowest BCUT2D eigenvalue weighted by Crippen LogP contribution is -2.06. The Balaban J connectivity index is 1.62. The van der Waals surface area contributed by atoms with Gasteiger partial charge >= 0.3 is 5.97 Å². The van der Waals surface area contributed by atoms with Crippen molar-refractivity contribution in [2.24, 2.45) is 0 Å². The first-order chi connectivity index (χ1) is 14.6. The van der Waals surface area contributed by atoms with Crippen LogP contribution in [-0.4, -0.2) is 18.4 Å². The molecule has 0 N–H and O–H groups in total. The summed E-state index contributed by atoms with van der Waals surface area (Å²) < 4.78 is 11.0. The molecule has 3 aromatic rings. The quantitative estimate of drug-likeness (QED) is 0.213. The molecule has 0 aliphatic rings. The van der Waals surface area contributed by atoms with E-state index in [2.05, 4.69) is 6.92 Å². The summed E-state index contributed by atoms with van der Waals surface area (Å²) in [4.78, 5) is 24.7. The van der Waals surface area contributed by atoms with Crippen molar-refractivity contribution in [2.75, 3.05) is 6.61 Å². The summed E-state index contributed by atoms with van der Waals surface area (Å²) in [5.74, 6) is 0.685. The molecule has 4 nitrogen and oxygen atoms in total. The van der Waals surface area contributed by atoms with Crippen LogP contribution in [0.4, 0.5) is 0 Å². The van der Waals surface area contributed by atoms with Gasteiger partial charge in [0.15, 0.2) is 5.78 Å². The number of rotatable bonds is 8. The molecule has 3 aromatic carbocycles. The van der Waals surface area contributed by atoms with Crippen LogP contribution in [0.25, 0.3) is 6.08 Å². The Bertz CT molecular complexity index is 1030. The Morgan fingerprint density at radius 3 is 2.30 bits per heavy atom. The fourth-order valence-electron chi connectivity index (χ4n) is 2.86. The fraction of sp³-hybridized carbons (Fsp3) is 0.154. The molecular weight excluding hydrogens is 376 g/mol. The average Bonchev–Trinajstić information content (AvgIpc) is 2.78. The summed E-state index contributed by atoms with van der Waals surface area (Å²) in [6.07, 6.45) is 4.02. The molecule has 0 heterocycles. The molecule has 0 atom stereocenters. The molecule has 0 fully saturated rings. The van der Waals surface area contributed by atoms with Crippen molar-refractivity contribution in [3.63, 3.8) is 0 Å². The highest BCUT2D eigenvalue weighted by atomic mass is 16.5. The lowest BCUT2D eigenvalue weighted by molar-refractivity contribution is -0.128. The molecule has 0 saturated heterocycles. The van der Waals surface area contributed by atoms with Crippen LogP contribution in [0, 0.1) is 6.92 Å². The van der Waals surface area contributed by atoms with Crippen molar-refractivity contribution in [2.45, 2.75) is 20.3 Å². The summed E-state index contributed by atoms with van der Waals surface area (Å²) in [6.45, 7) is 4.54. The molecule has 4 heteroatoms. The van der Waals surface area contributed by atoms with E-state index < -0.39 is 5.97 Å². The molecule has 0 spiro atoms. The number of carbonyl (C=O) groups is 2. The third-order valence-corrected chi connectivity index (χ3v) is 4.45. The normalized spacial score (nSPS) is 10.7. The second-order valence-electron chi connectivity index (χ2n) is 6.85. The van der Waals surface area contributed by atoms with Crippen LogP contribution >= 0.6 is 0 Å². The molecular formula is C26H24O4. The summed E-state index contributed by atoms with van der Waals surface area (Å²) in [6, 6.07) is 21.6. The van der Waals surface area contributed by atoms with Gasteiger partial charge in [-0.15, -0.1) is 0 Å². The summed E-state index contributed by atoms with van der Waals surface area (Å²) in [7, 11) is 0. The van der Waals surface area contributed by atoms with E-state index in [-0.39, 0.29) is 5.78 Å². The minimum atomic E-state index is -0.480. The number of carbonyl (C=O) groups excluding carboxylic acids is 2. The lowest BCUT2D eigenvalue weighted by Gasteiger charge is -2.08. The molecule has 3 rings (SSSR count). The predicted octanol–water partition coefficient (Wildman–Crippen LogP) is 5.63. The SMILES string of the molecule is CCCOc1ccc(/C=C/C(=O)Oc2ccc(C(=O)c3ccccc3)cc2C)cc1. The molecule has 0 amide bonds. The number of benzene rings is 3. The zero-order valence-electron chi connectivity index (χ0n) is 17.1. The lowest BCUT2D eigenvalue weighted by atomic mass is 10.0. The van der Waals surface area contributed by atoms with Crippen molar-refractivity contribution in [1.82, 2.24) is 0 Å². The van der Waals surface area contributed by atoms with E-state index >= 15 is 0 Å². The highest BCUT2D eigenvalue weighted by Gasteiger charge is 2.11. The smallest absolute Gasteiger partial charge is 0.336 e. The van der Waals surface area contributed by atoms with Gasteiger partial charge in [-0.2, -0.15) is 0 Å². The molecule has 0 unspecified atom stereocenters. The van der Waals surface area contributed by atoms with E-state index in [9.17, 15) is 9.59 Å². The topological polar surface area (TPSA) is 52.6 Å². The van der Waals surface area contributed by atoms with E-state index in [0.717, 1.165) is 23.3 Å². The van der Waals surface area contributed by atoms with E-state index in [1.807, 2.05) is 49.4 Å².